The van der Waals surface area contributed by atoms with E-state index in [0.717, 1.165) is 0 Å². The first kappa shape index (κ1) is 12.5. The minimum Gasteiger partial charge on any atom is -0.321 e. The molecule has 0 aliphatic carbocycles. The maximum absolute atomic E-state index is 12.3. The number of hydrogen-bond donors (Lipinski definition) is 2. The number of carbonyl (C=O) groups excluding carboxylic acids is 2. The first-order chi connectivity index (χ1) is 10.8. The fourth-order valence-electron chi connectivity index (χ4n) is 2.64. The van der Waals surface area contributed by atoms with Crippen molar-refractivity contribution in [3.05, 3.63) is 71.3 Å². The third-order valence-electron chi connectivity index (χ3n) is 3.58. The van der Waals surface area contributed by atoms with Crippen molar-refractivity contribution in [3.63, 3.8) is 0 Å². The van der Waals surface area contributed by atoms with Gasteiger partial charge >= 0.3 is 0 Å². The highest BCUT2D eigenvalue weighted by Gasteiger charge is 2.40. The van der Waals surface area contributed by atoms with Gasteiger partial charge in [0.05, 0.1) is 22.5 Å². The van der Waals surface area contributed by atoms with Crippen LogP contribution in [0.2, 0.25) is 0 Å². The summed E-state index contributed by atoms with van der Waals surface area (Å²) in [4.78, 5) is 32.7. The Kier molecular flexibility index (Phi) is 2.62. The lowest BCUT2D eigenvalue weighted by molar-refractivity contribution is -0.117. The van der Waals surface area contributed by atoms with Gasteiger partial charge in [0.25, 0.3) is 11.8 Å². The Balaban J connectivity index is 1.93. The number of nitrogens with one attached hydrogen (secondary N) is 2. The molecule has 22 heavy (non-hydrogen) atoms. The van der Waals surface area contributed by atoms with Crippen molar-refractivity contribution in [2.24, 2.45) is 0 Å². The third kappa shape index (κ3) is 1.74. The first-order valence-corrected chi connectivity index (χ1v) is 6.68. The standard InChI is InChI=1S/C16H10N4O2/c21-15-11-12(14(20-15)10-4-2-6-18-8-10)16(22)19-13(11)9-3-1-5-17-7-9/h1-8H,(H,19,22)(H,20,21). The zero-order valence-corrected chi connectivity index (χ0v) is 11.3. The molecule has 0 spiro atoms. The molecule has 0 atom stereocenters. The highest BCUT2D eigenvalue weighted by atomic mass is 16.2. The van der Waals surface area contributed by atoms with Crippen molar-refractivity contribution in [1.82, 2.24) is 20.6 Å². The van der Waals surface area contributed by atoms with E-state index in [4.69, 9.17) is 0 Å². The number of aromatic nitrogens is 2. The monoisotopic (exact) mass is 290 g/mol. The van der Waals surface area contributed by atoms with Gasteiger partial charge in [0.2, 0.25) is 0 Å². The molecule has 106 valence electrons. The van der Waals surface area contributed by atoms with E-state index in [9.17, 15) is 9.59 Å². The summed E-state index contributed by atoms with van der Waals surface area (Å²) in [5.74, 6) is -0.600. The van der Waals surface area contributed by atoms with Crippen molar-refractivity contribution in [2.75, 3.05) is 0 Å². The highest BCUT2D eigenvalue weighted by molar-refractivity contribution is 6.30. The molecule has 0 bridgehead atoms. The van der Waals surface area contributed by atoms with Gasteiger partial charge in [-0.1, -0.05) is 0 Å². The molecule has 0 unspecified atom stereocenters. The average molecular weight is 290 g/mol. The lowest BCUT2D eigenvalue weighted by Crippen LogP contribution is -2.21. The fourth-order valence-corrected chi connectivity index (χ4v) is 2.64. The summed E-state index contributed by atoms with van der Waals surface area (Å²) in [6.45, 7) is 0. The summed E-state index contributed by atoms with van der Waals surface area (Å²) in [5.41, 5.74) is 3.09. The van der Waals surface area contributed by atoms with E-state index in [1.54, 1.807) is 49.1 Å². The number of fused-ring (bicyclic) bond motifs is 1. The molecule has 2 amide bonds. The summed E-state index contributed by atoms with van der Waals surface area (Å²) in [6.07, 6.45) is 6.50. The zero-order valence-electron chi connectivity index (χ0n) is 11.3. The Labute approximate surface area is 125 Å². The maximum Gasteiger partial charge on any atom is 0.258 e. The van der Waals surface area contributed by atoms with Crippen molar-refractivity contribution in [1.29, 1.82) is 0 Å². The molecule has 2 aliphatic heterocycles. The topological polar surface area (TPSA) is 84.0 Å². The number of pyridine rings is 2. The SMILES string of the molecule is O=C1NC(c2cccnc2)=C2C(=O)NC(c3cccnc3)=C12. The minimum atomic E-state index is -0.300. The van der Waals surface area contributed by atoms with Crippen LogP contribution in [0, 0.1) is 0 Å². The lowest BCUT2D eigenvalue weighted by atomic mass is 10.0. The molecule has 2 aliphatic rings. The molecule has 0 aromatic carbocycles. The van der Waals surface area contributed by atoms with Crippen LogP contribution in [0.25, 0.3) is 11.4 Å². The minimum absolute atomic E-state index is 0.300. The molecule has 2 aromatic rings. The van der Waals surface area contributed by atoms with E-state index in [-0.39, 0.29) is 11.8 Å². The van der Waals surface area contributed by atoms with Crippen LogP contribution in [0.1, 0.15) is 11.1 Å². The molecular formula is C16H10N4O2. The van der Waals surface area contributed by atoms with Gasteiger partial charge in [0, 0.05) is 35.9 Å². The molecule has 0 radical (unpaired) electrons. The predicted molar refractivity (Wildman–Crippen MR) is 78.6 cm³/mol. The van der Waals surface area contributed by atoms with Crippen LogP contribution in [-0.4, -0.2) is 21.8 Å². The molecule has 0 saturated heterocycles. The molecule has 2 aromatic heterocycles. The van der Waals surface area contributed by atoms with E-state index < -0.39 is 0 Å². The Morgan fingerprint density at radius 3 is 1.55 bits per heavy atom. The maximum atomic E-state index is 12.3. The molecule has 4 heterocycles. The van der Waals surface area contributed by atoms with Crippen LogP contribution < -0.4 is 10.6 Å². The number of hydrogen-bond acceptors (Lipinski definition) is 4. The van der Waals surface area contributed by atoms with Gasteiger partial charge in [-0.25, -0.2) is 0 Å². The van der Waals surface area contributed by atoms with E-state index in [0.29, 0.717) is 33.7 Å². The Bertz CT molecular complexity index is 781. The molecule has 0 fully saturated rings. The number of carbonyl (C=O) groups is 2. The summed E-state index contributed by atoms with van der Waals surface area (Å²) in [5, 5.41) is 5.53. The second-order valence-corrected chi connectivity index (χ2v) is 4.89. The predicted octanol–water partition coefficient (Wildman–Crippen LogP) is 0.859. The normalized spacial score (nSPS) is 16.7. The number of amides is 2. The van der Waals surface area contributed by atoms with Gasteiger partial charge in [0.1, 0.15) is 0 Å². The second-order valence-electron chi connectivity index (χ2n) is 4.89. The van der Waals surface area contributed by atoms with E-state index >= 15 is 0 Å². The fraction of sp³-hybridized carbons (Fsp3) is 0. The van der Waals surface area contributed by atoms with E-state index in [2.05, 4.69) is 20.6 Å². The van der Waals surface area contributed by atoms with Crippen molar-refractivity contribution in [3.8, 4) is 0 Å². The largest absolute Gasteiger partial charge is 0.321 e. The first-order valence-electron chi connectivity index (χ1n) is 6.68. The number of nitrogens with zero attached hydrogens (tertiary/aromatic N) is 2. The Hall–Kier alpha value is -3.28. The lowest BCUT2D eigenvalue weighted by Gasteiger charge is -2.06. The van der Waals surface area contributed by atoms with Gasteiger partial charge in [-0.15, -0.1) is 0 Å². The van der Waals surface area contributed by atoms with Gasteiger partial charge in [-0.05, 0) is 24.3 Å². The van der Waals surface area contributed by atoms with Crippen LogP contribution in [0.15, 0.2) is 60.2 Å². The molecule has 2 N–H and O–H groups in total. The summed E-state index contributed by atoms with van der Waals surface area (Å²) in [7, 11) is 0. The third-order valence-corrected chi connectivity index (χ3v) is 3.58. The molecular weight excluding hydrogens is 280 g/mol. The summed E-state index contributed by atoms with van der Waals surface area (Å²) >= 11 is 0. The quantitative estimate of drug-likeness (QED) is 0.859. The zero-order chi connectivity index (χ0) is 15.1. The van der Waals surface area contributed by atoms with Gasteiger partial charge in [0.15, 0.2) is 0 Å². The smallest absolute Gasteiger partial charge is 0.258 e. The van der Waals surface area contributed by atoms with Crippen LogP contribution in [0.5, 0.6) is 0 Å². The summed E-state index contributed by atoms with van der Waals surface area (Å²) < 4.78 is 0. The molecule has 4 rings (SSSR count). The van der Waals surface area contributed by atoms with Crippen LogP contribution in [-0.2, 0) is 9.59 Å². The van der Waals surface area contributed by atoms with Crippen LogP contribution >= 0.6 is 0 Å². The molecule has 6 heteroatoms. The van der Waals surface area contributed by atoms with Crippen molar-refractivity contribution in [2.45, 2.75) is 0 Å². The van der Waals surface area contributed by atoms with Gasteiger partial charge in [-0.2, -0.15) is 0 Å². The van der Waals surface area contributed by atoms with Gasteiger partial charge in [-0.3, -0.25) is 19.6 Å². The van der Waals surface area contributed by atoms with Crippen LogP contribution in [0.4, 0.5) is 0 Å². The van der Waals surface area contributed by atoms with E-state index in [1.807, 2.05) is 0 Å². The van der Waals surface area contributed by atoms with E-state index in [1.165, 1.54) is 0 Å². The van der Waals surface area contributed by atoms with Crippen molar-refractivity contribution >= 4 is 23.2 Å². The van der Waals surface area contributed by atoms with Crippen molar-refractivity contribution < 1.29 is 9.59 Å². The number of rotatable bonds is 2. The average Bonchev–Trinajstić information content (AvgIpc) is 3.09. The van der Waals surface area contributed by atoms with Gasteiger partial charge < -0.3 is 10.6 Å². The molecule has 0 saturated carbocycles. The second kappa shape index (κ2) is 4.63. The Morgan fingerprint density at radius 2 is 1.18 bits per heavy atom. The Morgan fingerprint density at radius 1 is 0.727 bits per heavy atom. The molecule has 6 nitrogen and oxygen atoms in total. The summed E-state index contributed by atoms with van der Waals surface area (Å²) in [6, 6.07) is 7.11. The highest BCUT2D eigenvalue weighted by Crippen LogP contribution is 2.36. The van der Waals surface area contributed by atoms with Crippen LogP contribution in [0.3, 0.4) is 0 Å².